The van der Waals surface area contributed by atoms with Crippen LogP contribution in [0.3, 0.4) is 0 Å². The molecule has 0 aliphatic rings. The summed E-state index contributed by atoms with van der Waals surface area (Å²) in [4.78, 5) is 14.4. The van der Waals surface area contributed by atoms with Gasteiger partial charge in [0.1, 0.15) is 0 Å². The highest BCUT2D eigenvalue weighted by Crippen LogP contribution is 2.34. The van der Waals surface area contributed by atoms with Crippen molar-refractivity contribution in [3.63, 3.8) is 0 Å². The molecule has 0 aliphatic carbocycles. The number of rotatable bonds is 1. The van der Waals surface area contributed by atoms with Crippen LogP contribution in [0, 0.1) is 0 Å². The maximum Gasteiger partial charge on any atom is 0.418 e. The maximum atomic E-state index is 13.1. The summed E-state index contributed by atoms with van der Waals surface area (Å²) in [5, 5.41) is 0.332. The van der Waals surface area contributed by atoms with Crippen molar-refractivity contribution in [2.24, 2.45) is 0 Å². The molecule has 0 bridgehead atoms. The SMILES string of the molecule is O=c1[nH]c2cccc(C(F)(F)F)c2n1-c1cccc(Cl)c1. The van der Waals surface area contributed by atoms with Gasteiger partial charge in [-0.05, 0) is 30.3 Å². The minimum Gasteiger partial charge on any atom is -0.305 e. The van der Waals surface area contributed by atoms with Gasteiger partial charge in [-0.1, -0.05) is 23.7 Å². The van der Waals surface area contributed by atoms with Crippen molar-refractivity contribution >= 4 is 22.6 Å². The first-order chi connectivity index (χ1) is 9.88. The Bertz CT molecular complexity index is 880. The predicted octanol–water partition coefficient (Wildman–Crippen LogP) is 3.99. The van der Waals surface area contributed by atoms with Crippen molar-refractivity contribution in [2.75, 3.05) is 0 Å². The van der Waals surface area contributed by atoms with Crippen molar-refractivity contribution in [1.82, 2.24) is 9.55 Å². The first kappa shape index (κ1) is 13.8. The molecule has 2 aromatic carbocycles. The molecule has 0 radical (unpaired) electrons. The molecule has 0 spiro atoms. The van der Waals surface area contributed by atoms with E-state index in [1.54, 1.807) is 12.1 Å². The van der Waals surface area contributed by atoms with Gasteiger partial charge in [0.05, 0.1) is 22.3 Å². The third-order valence-electron chi connectivity index (χ3n) is 3.08. The van der Waals surface area contributed by atoms with Crippen LogP contribution in [0.2, 0.25) is 5.02 Å². The number of hydrogen-bond acceptors (Lipinski definition) is 1. The van der Waals surface area contributed by atoms with Crippen LogP contribution >= 0.6 is 11.6 Å². The molecule has 108 valence electrons. The number of H-pyrrole nitrogens is 1. The smallest absolute Gasteiger partial charge is 0.305 e. The Morgan fingerprint density at radius 3 is 2.48 bits per heavy atom. The lowest BCUT2D eigenvalue weighted by atomic mass is 10.1. The zero-order valence-corrected chi connectivity index (χ0v) is 11.2. The molecule has 0 amide bonds. The highest BCUT2D eigenvalue weighted by atomic mass is 35.5. The van der Waals surface area contributed by atoms with Crippen molar-refractivity contribution < 1.29 is 13.2 Å². The Kier molecular flexibility index (Phi) is 3.06. The van der Waals surface area contributed by atoms with Gasteiger partial charge in [0.15, 0.2) is 0 Å². The van der Waals surface area contributed by atoms with Gasteiger partial charge in [-0.15, -0.1) is 0 Å². The topological polar surface area (TPSA) is 37.8 Å². The molecule has 0 aliphatic heterocycles. The molecule has 1 aromatic heterocycles. The van der Waals surface area contributed by atoms with E-state index in [9.17, 15) is 18.0 Å². The van der Waals surface area contributed by atoms with E-state index in [1.165, 1.54) is 24.3 Å². The first-order valence-electron chi connectivity index (χ1n) is 5.95. The summed E-state index contributed by atoms with van der Waals surface area (Å²) in [6.45, 7) is 0. The van der Waals surface area contributed by atoms with E-state index < -0.39 is 17.4 Å². The zero-order valence-electron chi connectivity index (χ0n) is 10.4. The fourth-order valence-electron chi connectivity index (χ4n) is 2.25. The number of benzene rings is 2. The first-order valence-corrected chi connectivity index (χ1v) is 6.32. The number of fused-ring (bicyclic) bond motifs is 1. The molecular formula is C14H8ClF3N2O. The third-order valence-corrected chi connectivity index (χ3v) is 3.31. The Labute approximate surface area is 121 Å². The molecule has 3 aromatic rings. The van der Waals surface area contributed by atoms with E-state index in [4.69, 9.17) is 11.6 Å². The molecular weight excluding hydrogens is 305 g/mol. The van der Waals surface area contributed by atoms with Crippen molar-refractivity contribution in [2.45, 2.75) is 6.18 Å². The van der Waals surface area contributed by atoms with Gasteiger partial charge in [0, 0.05) is 5.02 Å². The van der Waals surface area contributed by atoms with E-state index >= 15 is 0 Å². The number of nitrogens with one attached hydrogen (secondary N) is 1. The summed E-state index contributed by atoms with van der Waals surface area (Å²) in [5.41, 5.74) is -1.34. The van der Waals surface area contributed by atoms with E-state index in [2.05, 4.69) is 4.98 Å². The number of aromatic nitrogens is 2. The molecule has 0 unspecified atom stereocenters. The van der Waals surface area contributed by atoms with Crippen LogP contribution in [-0.2, 0) is 6.18 Å². The number of halogens is 4. The van der Waals surface area contributed by atoms with E-state index in [0.29, 0.717) is 5.02 Å². The van der Waals surface area contributed by atoms with Crippen LogP contribution in [-0.4, -0.2) is 9.55 Å². The van der Waals surface area contributed by atoms with Crippen LogP contribution < -0.4 is 5.69 Å². The molecule has 3 nitrogen and oxygen atoms in total. The number of nitrogens with zero attached hydrogens (tertiary/aromatic N) is 1. The molecule has 1 N–H and O–H groups in total. The average Bonchev–Trinajstić information content (AvgIpc) is 2.73. The quantitative estimate of drug-likeness (QED) is 0.725. The lowest BCUT2D eigenvalue weighted by Gasteiger charge is -2.11. The molecule has 1 heterocycles. The summed E-state index contributed by atoms with van der Waals surface area (Å²) in [6.07, 6.45) is -4.56. The number of alkyl halides is 3. The Hall–Kier alpha value is -2.21. The van der Waals surface area contributed by atoms with Gasteiger partial charge in [-0.25, -0.2) is 4.79 Å². The fourth-order valence-corrected chi connectivity index (χ4v) is 2.43. The van der Waals surface area contributed by atoms with Crippen LogP contribution in [0.25, 0.3) is 16.7 Å². The molecule has 0 saturated carbocycles. The van der Waals surface area contributed by atoms with Crippen LogP contribution in [0.15, 0.2) is 47.3 Å². The Balaban J connectivity index is 2.43. The van der Waals surface area contributed by atoms with Gasteiger partial charge in [0.2, 0.25) is 0 Å². The number of imidazole rings is 1. The standard InChI is InChI=1S/C14H8ClF3N2O/c15-8-3-1-4-9(7-8)20-12-10(14(16,17)18)5-2-6-11(12)19-13(20)21/h1-7H,(H,19,21). The number of para-hydroxylation sites is 1. The Morgan fingerprint density at radius 2 is 1.81 bits per heavy atom. The number of aromatic amines is 1. The molecule has 0 fully saturated rings. The lowest BCUT2D eigenvalue weighted by Crippen LogP contribution is -2.16. The second-order valence-electron chi connectivity index (χ2n) is 4.44. The van der Waals surface area contributed by atoms with E-state index in [-0.39, 0.29) is 16.7 Å². The summed E-state index contributed by atoms with van der Waals surface area (Å²) in [5.74, 6) is 0. The van der Waals surface area contributed by atoms with Crippen LogP contribution in [0.5, 0.6) is 0 Å². The largest absolute Gasteiger partial charge is 0.418 e. The van der Waals surface area contributed by atoms with E-state index in [1.807, 2.05) is 0 Å². The molecule has 0 saturated heterocycles. The van der Waals surface area contributed by atoms with Crippen molar-refractivity contribution in [1.29, 1.82) is 0 Å². The van der Waals surface area contributed by atoms with Gasteiger partial charge in [-0.3, -0.25) is 4.57 Å². The molecule has 0 atom stereocenters. The summed E-state index contributed by atoms with van der Waals surface area (Å²) >= 11 is 5.85. The Morgan fingerprint density at radius 1 is 1.10 bits per heavy atom. The second kappa shape index (κ2) is 4.66. The van der Waals surface area contributed by atoms with Gasteiger partial charge < -0.3 is 4.98 Å². The third kappa shape index (κ3) is 2.31. The van der Waals surface area contributed by atoms with Gasteiger partial charge in [-0.2, -0.15) is 13.2 Å². The average molecular weight is 313 g/mol. The second-order valence-corrected chi connectivity index (χ2v) is 4.88. The fraction of sp³-hybridized carbons (Fsp3) is 0.0714. The van der Waals surface area contributed by atoms with Crippen LogP contribution in [0.1, 0.15) is 5.56 Å². The lowest BCUT2D eigenvalue weighted by molar-refractivity contribution is -0.136. The highest BCUT2D eigenvalue weighted by molar-refractivity contribution is 6.30. The summed E-state index contributed by atoms with van der Waals surface area (Å²) in [7, 11) is 0. The van der Waals surface area contributed by atoms with Crippen LogP contribution in [0.4, 0.5) is 13.2 Å². The predicted molar refractivity (Wildman–Crippen MR) is 73.9 cm³/mol. The minimum absolute atomic E-state index is 0.120. The maximum absolute atomic E-state index is 13.1. The van der Waals surface area contributed by atoms with E-state index in [0.717, 1.165) is 10.6 Å². The summed E-state index contributed by atoms with van der Waals surface area (Å²) in [6, 6.07) is 9.72. The van der Waals surface area contributed by atoms with Crippen molar-refractivity contribution in [3.8, 4) is 5.69 Å². The van der Waals surface area contributed by atoms with Gasteiger partial charge in [0.25, 0.3) is 0 Å². The normalized spacial score (nSPS) is 12.0. The van der Waals surface area contributed by atoms with Crippen molar-refractivity contribution in [3.05, 3.63) is 63.5 Å². The molecule has 7 heteroatoms. The van der Waals surface area contributed by atoms with Gasteiger partial charge >= 0.3 is 11.9 Å². The highest BCUT2D eigenvalue weighted by Gasteiger charge is 2.34. The minimum atomic E-state index is -4.56. The molecule has 3 rings (SSSR count). The molecule has 21 heavy (non-hydrogen) atoms. The zero-order chi connectivity index (χ0) is 15.2. The summed E-state index contributed by atoms with van der Waals surface area (Å²) < 4.78 is 40.4. The number of hydrogen-bond donors (Lipinski definition) is 1. The monoisotopic (exact) mass is 312 g/mol.